The molecule has 1 atom stereocenters. The molecule has 17 heavy (non-hydrogen) atoms. The summed E-state index contributed by atoms with van der Waals surface area (Å²) in [6.45, 7) is 2.14. The van der Waals surface area contributed by atoms with Gasteiger partial charge in [-0.15, -0.1) is 11.8 Å². The molecule has 0 saturated carbocycles. The lowest BCUT2D eigenvalue weighted by molar-refractivity contribution is 0.390. The standard InChI is InChI=1S/C13H16ClNOS/c1-16-10-3-2-9(14)11-12(10)17-7-5-13(11)4-6-15-8-13/h2-3,15H,4-8H2,1H3. The van der Waals surface area contributed by atoms with Crippen LogP contribution in [0.4, 0.5) is 0 Å². The Labute approximate surface area is 111 Å². The van der Waals surface area contributed by atoms with Gasteiger partial charge >= 0.3 is 0 Å². The van der Waals surface area contributed by atoms with Gasteiger partial charge in [-0.05, 0) is 42.8 Å². The summed E-state index contributed by atoms with van der Waals surface area (Å²) in [6.07, 6.45) is 2.40. The van der Waals surface area contributed by atoms with Crippen LogP contribution < -0.4 is 10.1 Å². The molecule has 2 heterocycles. The number of hydrogen-bond acceptors (Lipinski definition) is 3. The van der Waals surface area contributed by atoms with Crippen molar-refractivity contribution in [2.45, 2.75) is 23.2 Å². The molecule has 0 amide bonds. The number of hydrogen-bond donors (Lipinski definition) is 1. The number of benzene rings is 1. The summed E-state index contributed by atoms with van der Waals surface area (Å²) in [7, 11) is 1.73. The number of thioether (sulfide) groups is 1. The van der Waals surface area contributed by atoms with Crippen molar-refractivity contribution >= 4 is 23.4 Å². The molecule has 1 unspecified atom stereocenters. The Morgan fingerprint density at radius 1 is 1.41 bits per heavy atom. The van der Waals surface area contributed by atoms with Gasteiger partial charge in [0.15, 0.2) is 0 Å². The van der Waals surface area contributed by atoms with Crippen LogP contribution in [0.15, 0.2) is 17.0 Å². The van der Waals surface area contributed by atoms with Crippen molar-refractivity contribution in [3.05, 3.63) is 22.7 Å². The average molecular weight is 270 g/mol. The Morgan fingerprint density at radius 2 is 2.29 bits per heavy atom. The fraction of sp³-hybridized carbons (Fsp3) is 0.538. The molecule has 0 aromatic heterocycles. The van der Waals surface area contributed by atoms with Gasteiger partial charge in [0.25, 0.3) is 0 Å². The van der Waals surface area contributed by atoms with Gasteiger partial charge in [0.05, 0.1) is 12.0 Å². The fourth-order valence-electron chi connectivity index (χ4n) is 2.98. The van der Waals surface area contributed by atoms with Gasteiger partial charge in [-0.25, -0.2) is 0 Å². The summed E-state index contributed by atoms with van der Waals surface area (Å²) in [5.74, 6) is 2.13. The highest BCUT2D eigenvalue weighted by molar-refractivity contribution is 7.99. The Balaban J connectivity index is 2.18. The van der Waals surface area contributed by atoms with Gasteiger partial charge in [0, 0.05) is 17.0 Å². The lowest BCUT2D eigenvalue weighted by atomic mass is 9.77. The Morgan fingerprint density at radius 3 is 3.00 bits per heavy atom. The van der Waals surface area contributed by atoms with Gasteiger partial charge in [-0.2, -0.15) is 0 Å². The topological polar surface area (TPSA) is 21.3 Å². The molecule has 1 fully saturated rings. The molecule has 92 valence electrons. The van der Waals surface area contributed by atoms with Gasteiger partial charge < -0.3 is 10.1 Å². The third-order valence-corrected chi connectivity index (χ3v) is 5.31. The minimum Gasteiger partial charge on any atom is -0.496 e. The Kier molecular flexibility index (Phi) is 3.01. The zero-order chi connectivity index (χ0) is 11.9. The first-order valence-electron chi connectivity index (χ1n) is 5.97. The Hall–Kier alpha value is -0.380. The van der Waals surface area contributed by atoms with E-state index in [1.165, 1.54) is 23.3 Å². The third kappa shape index (κ3) is 1.76. The molecule has 0 radical (unpaired) electrons. The van der Waals surface area contributed by atoms with E-state index in [9.17, 15) is 0 Å². The summed E-state index contributed by atoms with van der Waals surface area (Å²) in [4.78, 5) is 1.26. The number of rotatable bonds is 1. The quantitative estimate of drug-likeness (QED) is 0.847. The van der Waals surface area contributed by atoms with Gasteiger partial charge in [-0.3, -0.25) is 0 Å². The van der Waals surface area contributed by atoms with E-state index >= 15 is 0 Å². The van der Waals surface area contributed by atoms with Crippen molar-refractivity contribution in [3.8, 4) is 5.75 Å². The first kappa shape index (κ1) is 11.7. The predicted molar refractivity (Wildman–Crippen MR) is 72.5 cm³/mol. The molecule has 0 aliphatic carbocycles. The van der Waals surface area contributed by atoms with E-state index in [4.69, 9.17) is 16.3 Å². The third-order valence-electron chi connectivity index (χ3n) is 3.89. The smallest absolute Gasteiger partial charge is 0.132 e. The maximum Gasteiger partial charge on any atom is 0.132 e. The summed E-state index contributed by atoms with van der Waals surface area (Å²) in [5, 5.41) is 4.38. The minimum absolute atomic E-state index is 0.242. The second-order valence-electron chi connectivity index (χ2n) is 4.76. The second-order valence-corrected chi connectivity index (χ2v) is 6.27. The van der Waals surface area contributed by atoms with E-state index in [1.54, 1.807) is 7.11 Å². The highest BCUT2D eigenvalue weighted by atomic mass is 35.5. The normalized spacial score (nSPS) is 27.2. The van der Waals surface area contributed by atoms with Crippen molar-refractivity contribution in [1.29, 1.82) is 0 Å². The molecule has 2 aliphatic rings. The van der Waals surface area contributed by atoms with Crippen molar-refractivity contribution in [3.63, 3.8) is 0 Å². The number of nitrogens with one attached hydrogen (secondary N) is 1. The molecule has 1 N–H and O–H groups in total. The van der Waals surface area contributed by atoms with Gasteiger partial charge in [-0.1, -0.05) is 11.6 Å². The Bertz CT molecular complexity index is 443. The van der Waals surface area contributed by atoms with Crippen LogP contribution in [0.3, 0.4) is 0 Å². The van der Waals surface area contributed by atoms with Crippen LogP contribution in [-0.4, -0.2) is 26.0 Å². The van der Waals surface area contributed by atoms with Crippen molar-refractivity contribution in [1.82, 2.24) is 5.32 Å². The highest BCUT2D eigenvalue weighted by Crippen LogP contribution is 2.51. The van der Waals surface area contributed by atoms with Crippen molar-refractivity contribution < 1.29 is 4.74 Å². The average Bonchev–Trinajstić information content (AvgIpc) is 2.79. The molecule has 2 aliphatic heterocycles. The fourth-order valence-corrected chi connectivity index (χ4v) is 4.86. The van der Waals surface area contributed by atoms with Crippen LogP contribution in [0.5, 0.6) is 5.75 Å². The first-order valence-corrected chi connectivity index (χ1v) is 7.34. The molecule has 1 aromatic carbocycles. The molecular formula is C13H16ClNOS. The second kappa shape index (κ2) is 4.38. The molecular weight excluding hydrogens is 254 g/mol. The molecule has 2 nitrogen and oxygen atoms in total. The molecule has 3 rings (SSSR count). The van der Waals surface area contributed by atoms with Crippen LogP contribution >= 0.6 is 23.4 Å². The summed E-state index contributed by atoms with van der Waals surface area (Å²) >= 11 is 8.32. The number of fused-ring (bicyclic) bond motifs is 2. The van der Waals surface area contributed by atoms with Crippen LogP contribution in [0, 0.1) is 0 Å². The number of ether oxygens (including phenoxy) is 1. The summed E-state index contributed by atoms with van der Waals surface area (Å²) in [6, 6.07) is 3.96. The van der Waals surface area contributed by atoms with E-state index in [0.717, 1.165) is 29.6 Å². The van der Waals surface area contributed by atoms with Crippen molar-refractivity contribution in [2.75, 3.05) is 26.0 Å². The highest BCUT2D eigenvalue weighted by Gasteiger charge is 2.41. The minimum atomic E-state index is 0.242. The number of halogens is 1. The monoisotopic (exact) mass is 269 g/mol. The number of methoxy groups -OCH3 is 1. The van der Waals surface area contributed by atoms with Crippen LogP contribution in [0.2, 0.25) is 5.02 Å². The zero-order valence-corrected chi connectivity index (χ0v) is 11.5. The van der Waals surface area contributed by atoms with Gasteiger partial charge in [0.2, 0.25) is 0 Å². The van der Waals surface area contributed by atoms with Gasteiger partial charge in [0.1, 0.15) is 5.75 Å². The van der Waals surface area contributed by atoms with Crippen LogP contribution in [-0.2, 0) is 5.41 Å². The molecule has 1 aromatic rings. The summed E-state index contributed by atoms with van der Waals surface area (Å²) < 4.78 is 5.47. The zero-order valence-electron chi connectivity index (χ0n) is 9.88. The van der Waals surface area contributed by atoms with E-state index in [1.807, 2.05) is 23.9 Å². The van der Waals surface area contributed by atoms with Crippen LogP contribution in [0.25, 0.3) is 0 Å². The molecule has 4 heteroatoms. The molecule has 1 spiro atoms. The lowest BCUT2D eigenvalue weighted by Crippen LogP contribution is -2.33. The van der Waals surface area contributed by atoms with E-state index in [0.29, 0.717) is 0 Å². The van der Waals surface area contributed by atoms with E-state index in [2.05, 4.69) is 5.32 Å². The van der Waals surface area contributed by atoms with E-state index < -0.39 is 0 Å². The predicted octanol–water partition coefficient (Wildman–Crippen LogP) is 3.08. The first-order chi connectivity index (χ1) is 8.27. The summed E-state index contributed by atoms with van der Waals surface area (Å²) in [5.41, 5.74) is 1.56. The molecule has 1 saturated heterocycles. The van der Waals surface area contributed by atoms with Crippen molar-refractivity contribution in [2.24, 2.45) is 0 Å². The maximum atomic E-state index is 6.44. The lowest BCUT2D eigenvalue weighted by Gasteiger charge is -2.36. The van der Waals surface area contributed by atoms with Crippen LogP contribution in [0.1, 0.15) is 18.4 Å². The molecule has 0 bridgehead atoms. The maximum absolute atomic E-state index is 6.44. The largest absolute Gasteiger partial charge is 0.496 e. The SMILES string of the molecule is COc1ccc(Cl)c2c1SCCC21CCNC1. The van der Waals surface area contributed by atoms with E-state index in [-0.39, 0.29) is 5.41 Å².